The highest BCUT2D eigenvalue weighted by atomic mass is 32.1. The summed E-state index contributed by atoms with van der Waals surface area (Å²) >= 11 is -0.750. The second-order valence-corrected chi connectivity index (χ2v) is 0.204. The summed E-state index contributed by atoms with van der Waals surface area (Å²) in [6.45, 7) is 0. The van der Waals surface area contributed by atoms with Crippen molar-refractivity contribution in [2.75, 3.05) is 0 Å². The minimum absolute atomic E-state index is 0. The molecule has 6 N–H and O–H groups in total. The van der Waals surface area contributed by atoms with E-state index >= 15 is 0 Å². The lowest BCUT2D eigenvalue weighted by molar-refractivity contribution is 0.311. The van der Waals surface area contributed by atoms with E-state index in [0.717, 1.165) is 0 Å². The first-order chi connectivity index (χ1) is 2.41. The molecule has 0 radical (unpaired) electrons. The van der Waals surface area contributed by atoms with Gasteiger partial charge in [0.1, 0.15) is 0 Å². The van der Waals surface area contributed by atoms with E-state index in [1.54, 1.807) is 0 Å². The third kappa shape index (κ3) is 300. The number of hydrogen-bond donors (Lipinski definition) is 3. The summed E-state index contributed by atoms with van der Waals surface area (Å²) in [5.41, 5.74) is 0. The fourth-order valence-corrected chi connectivity index (χ4v) is 0. The maximum absolute atomic E-state index is 8.29. The van der Waals surface area contributed by atoms with Crippen molar-refractivity contribution in [2.45, 2.75) is 0 Å². The van der Waals surface area contributed by atoms with E-state index in [1.165, 1.54) is 0 Å². The van der Waals surface area contributed by atoms with Crippen LogP contribution in [0.2, 0.25) is 0 Å². The van der Waals surface area contributed by atoms with E-state index in [0.29, 0.717) is 0 Å². The zero-order chi connectivity index (χ0) is 4.71. The second-order valence-electron chi connectivity index (χ2n) is 0.0680. The highest BCUT2D eigenvalue weighted by Gasteiger charge is 1.12. The number of nitrogens with two attached hydrogens (primary N) is 1. The molecule has 6 heteroatoms. The van der Waals surface area contributed by atoms with Gasteiger partial charge in [0, 0.05) is 0 Å². The second kappa shape index (κ2) is 131. The molecule has 0 aromatic heterocycles. The molecule has 40 valence electrons. The summed E-state index contributed by atoms with van der Waals surface area (Å²) in [4.78, 5) is 0. The highest BCUT2D eigenvalue weighted by molar-refractivity contribution is 7.51. The maximum Gasteiger partial charge on any atom is 0.335 e. The van der Waals surface area contributed by atoms with Crippen LogP contribution >= 0.6 is 0 Å². The summed E-state index contributed by atoms with van der Waals surface area (Å²) in [5, 5.41) is 6.50. The third-order valence-corrected chi connectivity index (χ3v) is 0. The van der Waals surface area contributed by atoms with Crippen molar-refractivity contribution in [3.8, 4) is 0 Å². The summed E-state index contributed by atoms with van der Waals surface area (Å²) in [6, 6.07) is 0. The molecule has 0 aliphatic rings. The van der Waals surface area contributed by atoms with Crippen LogP contribution in [0.3, 0.4) is 0 Å². The van der Waals surface area contributed by atoms with Gasteiger partial charge in [0.2, 0.25) is 0 Å². The Morgan fingerprint density at radius 2 is 1.33 bits per heavy atom. The smallest absolute Gasteiger partial charge is 0.335 e. The fraction of sp³-hybridized carbons (Fsp3) is 0. The zero-order valence-corrected chi connectivity index (χ0v) is 3.77. The highest BCUT2D eigenvalue weighted by Crippen LogP contribution is 0.846. The van der Waals surface area contributed by atoms with E-state index in [9.17, 15) is 0 Å². The molecule has 0 fully saturated rings. The van der Waals surface area contributed by atoms with Crippen molar-refractivity contribution in [3.05, 3.63) is 0 Å². The third-order valence-electron chi connectivity index (χ3n) is 0. The topological polar surface area (TPSA) is 115 Å². The molecular formula is H6N2O3S. The first kappa shape index (κ1) is 17.3. The Balaban J connectivity index is -0.0000000275. The average Bonchev–Trinajstić information content (AvgIpc) is 1.46. The van der Waals surface area contributed by atoms with E-state index in [2.05, 4.69) is 5.90 Å². The van der Waals surface area contributed by atoms with Gasteiger partial charge in [-0.05, 0) is 0 Å². The monoisotopic (exact) mass is 114 g/mol. The molecule has 0 rings (SSSR count). The molecule has 0 amide bonds. The van der Waals surface area contributed by atoms with E-state index in [4.69, 9.17) is 13.6 Å². The molecule has 0 heterocycles. The van der Waals surface area contributed by atoms with Crippen LogP contribution in [0.4, 0.5) is 0 Å². The number of rotatable bonds is 0. The van der Waals surface area contributed by atoms with Crippen molar-refractivity contribution < 1.29 is 13.6 Å². The maximum atomic E-state index is 8.29. The van der Waals surface area contributed by atoms with E-state index in [1.807, 2.05) is 0 Å². The summed E-state index contributed by atoms with van der Waals surface area (Å²) in [7, 11) is 0. The van der Waals surface area contributed by atoms with Gasteiger partial charge in [-0.3, -0.25) is 0 Å². The van der Waals surface area contributed by atoms with Crippen LogP contribution in [0.15, 0.2) is 0 Å². The Hall–Kier alpha value is -0.300. The van der Waals surface area contributed by atoms with Gasteiger partial charge in [0.25, 0.3) is 0 Å². The van der Waals surface area contributed by atoms with Gasteiger partial charge in [-0.2, -0.15) is 8.42 Å². The molecule has 6 heavy (non-hydrogen) atoms. The van der Waals surface area contributed by atoms with Gasteiger partial charge >= 0.3 is 11.6 Å². The molecule has 0 saturated heterocycles. The van der Waals surface area contributed by atoms with Gasteiger partial charge in [-0.1, -0.05) is 0 Å². The largest absolute Gasteiger partial charge is 0.344 e. The molecule has 0 atom stereocenters. The molecule has 0 aliphatic heterocycles. The van der Waals surface area contributed by atoms with Gasteiger partial charge in [-0.25, -0.2) is 5.90 Å². The van der Waals surface area contributed by atoms with Crippen molar-refractivity contribution in [3.63, 3.8) is 0 Å². The Morgan fingerprint density at radius 1 is 1.33 bits per heavy atom. The van der Waals surface area contributed by atoms with Crippen LogP contribution < -0.4 is 12.0 Å². The van der Waals surface area contributed by atoms with Crippen LogP contribution in [0, 0.1) is 0 Å². The van der Waals surface area contributed by atoms with Crippen molar-refractivity contribution in [1.29, 1.82) is 0 Å². The van der Waals surface area contributed by atoms with Crippen LogP contribution in [0.25, 0.3) is 0 Å². The predicted octanol–water partition coefficient (Wildman–Crippen LogP) is -1.17. The molecule has 0 spiro atoms. The molecule has 0 aliphatic carbocycles. The molecule has 0 bridgehead atoms. The quantitative estimate of drug-likeness (QED) is 0.343. The van der Waals surface area contributed by atoms with Gasteiger partial charge < -0.3 is 11.4 Å². The first-order valence-electron chi connectivity index (χ1n) is 0.592. The normalized spacial score (nSPS) is 3.00. The van der Waals surface area contributed by atoms with E-state index < -0.39 is 11.6 Å². The SMILES string of the molecule is N.NO.O=S=O. The Bertz CT molecular complexity index is 29.8. The lowest BCUT2D eigenvalue weighted by atomic mass is 13.6. The van der Waals surface area contributed by atoms with Crippen LogP contribution in [-0.4, -0.2) is 13.6 Å². The molecule has 0 saturated carbocycles. The van der Waals surface area contributed by atoms with Crippen LogP contribution in [-0.2, 0) is 11.6 Å². The van der Waals surface area contributed by atoms with E-state index in [-0.39, 0.29) is 6.15 Å². The summed E-state index contributed by atoms with van der Waals surface area (Å²) in [5.74, 6) is 3.50. The first-order valence-corrected chi connectivity index (χ1v) is 1.26. The minimum Gasteiger partial charge on any atom is -0.344 e. The lowest BCUT2D eigenvalue weighted by Gasteiger charge is -1.27. The average molecular weight is 114 g/mol. The lowest BCUT2D eigenvalue weighted by Crippen LogP contribution is -1.72. The fourth-order valence-electron chi connectivity index (χ4n) is 0. The standard InChI is InChI=1S/H3NO.H3N.O2S/c1-2;;1-3-2/h2H,1H2;1H3;. The Labute approximate surface area is 38.3 Å². The predicted molar refractivity (Wildman–Crippen MR) is 19.9 cm³/mol. The van der Waals surface area contributed by atoms with Crippen molar-refractivity contribution in [2.24, 2.45) is 5.90 Å². The Morgan fingerprint density at radius 3 is 1.33 bits per heavy atom. The summed E-state index contributed by atoms with van der Waals surface area (Å²) in [6.07, 6.45) is 0. The summed E-state index contributed by atoms with van der Waals surface area (Å²) < 4.78 is 16.6. The molecule has 0 aromatic rings. The van der Waals surface area contributed by atoms with Crippen molar-refractivity contribution in [1.82, 2.24) is 6.15 Å². The molecule has 0 unspecified atom stereocenters. The Kier molecular flexibility index (Phi) is 378. The minimum atomic E-state index is -0.750. The van der Waals surface area contributed by atoms with Gasteiger partial charge in [-0.15, -0.1) is 0 Å². The molecule has 5 nitrogen and oxygen atoms in total. The molecule has 0 aromatic carbocycles. The van der Waals surface area contributed by atoms with Gasteiger partial charge in [0.05, 0.1) is 0 Å². The number of hydrogen-bond acceptors (Lipinski definition) is 5. The van der Waals surface area contributed by atoms with Crippen LogP contribution in [0.1, 0.15) is 0 Å². The zero-order valence-electron chi connectivity index (χ0n) is 2.96. The molecular weight excluding hydrogens is 108 g/mol. The van der Waals surface area contributed by atoms with Crippen molar-refractivity contribution >= 4 is 11.6 Å². The van der Waals surface area contributed by atoms with Gasteiger partial charge in [0.15, 0.2) is 0 Å². The van der Waals surface area contributed by atoms with Crippen LogP contribution in [0.5, 0.6) is 0 Å².